The third-order valence-corrected chi connectivity index (χ3v) is 5.12. The van der Waals surface area contributed by atoms with Crippen LogP contribution in [0.25, 0.3) is 0 Å². The molecule has 0 saturated carbocycles. The van der Waals surface area contributed by atoms with Crippen LogP contribution < -0.4 is 9.47 Å². The van der Waals surface area contributed by atoms with Gasteiger partial charge in [-0.15, -0.1) is 0 Å². The van der Waals surface area contributed by atoms with Gasteiger partial charge in [0.15, 0.2) is 9.84 Å². The molecule has 1 unspecified atom stereocenters. The van der Waals surface area contributed by atoms with Gasteiger partial charge in [-0.05, 0) is 29.8 Å². The summed E-state index contributed by atoms with van der Waals surface area (Å²) in [4.78, 5) is 0.0345. The minimum absolute atomic E-state index is 0.0345. The third kappa shape index (κ3) is 2.54. The summed E-state index contributed by atoms with van der Waals surface area (Å²) >= 11 is 0. The van der Waals surface area contributed by atoms with Gasteiger partial charge in [-0.3, -0.25) is 0 Å². The van der Waals surface area contributed by atoms with Crippen molar-refractivity contribution in [3.63, 3.8) is 0 Å². The smallest absolute Gasteiger partial charge is 0.186 e. The molecule has 0 aliphatic carbocycles. The zero-order valence-electron chi connectivity index (χ0n) is 11.3. The van der Waals surface area contributed by atoms with Gasteiger partial charge in [0, 0.05) is 6.07 Å². The number of aromatic hydroxyl groups is 1. The van der Waals surface area contributed by atoms with Crippen molar-refractivity contribution in [3.8, 4) is 17.2 Å². The molecule has 1 N–H and O–H groups in total. The summed E-state index contributed by atoms with van der Waals surface area (Å²) in [6, 6.07) is 11.2. The molecule has 0 fully saturated rings. The summed E-state index contributed by atoms with van der Waals surface area (Å²) in [6.45, 7) is 0. The second kappa shape index (κ2) is 4.96. The standard InChI is InChI=1S/C15H14O5S/c1-19-12-5-2-10(3-6-12)14-9-21(17,18)15-8-11(16)4-7-13(15)20-14/h2-8,14,16H,9H2,1H3. The minimum Gasteiger partial charge on any atom is -0.508 e. The van der Waals surface area contributed by atoms with Crippen molar-refractivity contribution in [1.29, 1.82) is 0 Å². The highest BCUT2D eigenvalue weighted by atomic mass is 32.2. The molecule has 0 bridgehead atoms. The summed E-state index contributed by atoms with van der Waals surface area (Å²) in [7, 11) is -1.93. The number of ether oxygens (including phenoxy) is 2. The van der Waals surface area contributed by atoms with Gasteiger partial charge in [-0.2, -0.15) is 0 Å². The number of hydrogen-bond acceptors (Lipinski definition) is 5. The van der Waals surface area contributed by atoms with Crippen LogP contribution in [0.1, 0.15) is 11.7 Å². The van der Waals surface area contributed by atoms with Gasteiger partial charge >= 0.3 is 0 Å². The van der Waals surface area contributed by atoms with Gasteiger partial charge in [0.2, 0.25) is 0 Å². The molecule has 21 heavy (non-hydrogen) atoms. The van der Waals surface area contributed by atoms with Gasteiger partial charge in [0.1, 0.15) is 28.2 Å². The molecule has 110 valence electrons. The molecule has 5 nitrogen and oxygen atoms in total. The van der Waals surface area contributed by atoms with Crippen LogP contribution in [0, 0.1) is 0 Å². The van der Waals surface area contributed by atoms with Crippen LogP contribution in [-0.2, 0) is 9.84 Å². The van der Waals surface area contributed by atoms with E-state index in [1.165, 1.54) is 18.2 Å². The first-order valence-corrected chi connectivity index (χ1v) is 8.01. The number of methoxy groups -OCH3 is 1. The average molecular weight is 306 g/mol. The van der Waals surface area contributed by atoms with Crippen LogP contribution in [0.5, 0.6) is 17.2 Å². The Kier molecular flexibility index (Phi) is 3.25. The van der Waals surface area contributed by atoms with Crippen molar-refractivity contribution < 1.29 is 23.0 Å². The van der Waals surface area contributed by atoms with E-state index < -0.39 is 15.9 Å². The molecule has 1 aliphatic rings. The molecule has 2 aromatic carbocycles. The van der Waals surface area contributed by atoms with Crippen LogP contribution in [-0.4, -0.2) is 26.4 Å². The van der Waals surface area contributed by atoms with Crippen molar-refractivity contribution in [3.05, 3.63) is 48.0 Å². The fourth-order valence-electron chi connectivity index (χ4n) is 2.30. The summed E-state index contributed by atoms with van der Waals surface area (Å²) in [6.07, 6.45) is -0.571. The Morgan fingerprint density at radius 2 is 1.90 bits per heavy atom. The zero-order valence-corrected chi connectivity index (χ0v) is 12.1. The SMILES string of the molecule is COc1ccc(C2CS(=O)(=O)c3cc(O)ccc3O2)cc1. The number of sulfone groups is 1. The minimum atomic E-state index is -3.49. The number of hydrogen-bond donors (Lipinski definition) is 1. The fourth-order valence-corrected chi connectivity index (χ4v) is 3.86. The van der Waals surface area contributed by atoms with Crippen molar-refractivity contribution in [2.24, 2.45) is 0 Å². The Labute approximate surface area is 122 Å². The van der Waals surface area contributed by atoms with Gasteiger partial charge in [0.25, 0.3) is 0 Å². The molecule has 6 heteroatoms. The normalized spacial score (nSPS) is 19.4. The monoisotopic (exact) mass is 306 g/mol. The largest absolute Gasteiger partial charge is 0.508 e. The van der Waals surface area contributed by atoms with E-state index in [4.69, 9.17) is 9.47 Å². The number of phenols is 1. The van der Waals surface area contributed by atoms with Crippen LogP contribution in [0.15, 0.2) is 47.4 Å². The maximum atomic E-state index is 12.3. The number of benzene rings is 2. The molecular weight excluding hydrogens is 292 g/mol. The number of rotatable bonds is 2. The molecule has 0 saturated heterocycles. The molecule has 1 aliphatic heterocycles. The Morgan fingerprint density at radius 1 is 1.19 bits per heavy atom. The molecule has 0 radical (unpaired) electrons. The van der Waals surface area contributed by atoms with Crippen molar-refractivity contribution in [2.75, 3.05) is 12.9 Å². The van der Waals surface area contributed by atoms with E-state index in [9.17, 15) is 13.5 Å². The maximum Gasteiger partial charge on any atom is 0.186 e. The summed E-state index contributed by atoms with van der Waals surface area (Å²) in [5.74, 6) is 0.710. The van der Waals surface area contributed by atoms with E-state index in [1.54, 1.807) is 31.4 Å². The highest BCUT2D eigenvalue weighted by molar-refractivity contribution is 7.91. The summed E-state index contributed by atoms with van der Waals surface area (Å²) in [5, 5.41) is 9.43. The van der Waals surface area contributed by atoms with Crippen molar-refractivity contribution in [2.45, 2.75) is 11.0 Å². The van der Waals surface area contributed by atoms with Crippen LogP contribution in [0.3, 0.4) is 0 Å². The Hall–Kier alpha value is -2.21. The lowest BCUT2D eigenvalue weighted by Crippen LogP contribution is -2.25. The van der Waals surface area contributed by atoms with Gasteiger partial charge in [-0.1, -0.05) is 12.1 Å². The first-order valence-electron chi connectivity index (χ1n) is 6.36. The summed E-state index contributed by atoms with van der Waals surface area (Å²) < 4.78 is 35.5. The van der Waals surface area contributed by atoms with E-state index in [2.05, 4.69) is 0 Å². The highest BCUT2D eigenvalue weighted by Gasteiger charge is 2.33. The molecule has 0 amide bonds. The van der Waals surface area contributed by atoms with Crippen LogP contribution >= 0.6 is 0 Å². The van der Waals surface area contributed by atoms with Crippen LogP contribution in [0.4, 0.5) is 0 Å². The fraction of sp³-hybridized carbons (Fsp3) is 0.200. The first kappa shape index (κ1) is 13.8. The Balaban J connectivity index is 1.99. The van der Waals surface area contributed by atoms with Crippen molar-refractivity contribution in [1.82, 2.24) is 0 Å². The number of fused-ring (bicyclic) bond motifs is 1. The molecule has 3 rings (SSSR count). The highest BCUT2D eigenvalue weighted by Crippen LogP contribution is 2.38. The second-order valence-electron chi connectivity index (χ2n) is 4.79. The topological polar surface area (TPSA) is 72.8 Å². The predicted octanol–water partition coefficient (Wildman–Crippen LogP) is 2.31. The van der Waals surface area contributed by atoms with Gasteiger partial charge < -0.3 is 14.6 Å². The van der Waals surface area contributed by atoms with E-state index in [-0.39, 0.29) is 22.1 Å². The zero-order chi connectivity index (χ0) is 15.0. The quantitative estimate of drug-likeness (QED) is 0.921. The third-order valence-electron chi connectivity index (χ3n) is 3.39. The molecule has 1 atom stereocenters. The van der Waals surface area contributed by atoms with E-state index in [1.807, 2.05) is 0 Å². The van der Waals surface area contributed by atoms with Crippen LogP contribution in [0.2, 0.25) is 0 Å². The molecule has 0 aromatic heterocycles. The Bertz CT molecular complexity index is 765. The molecule has 2 aromatic rings. The van der Waals surface area contributed by atoms with E-state index >= 15 is 0 Å². The average Bonchev–Trinajstić information content (AvgIpc) is 2.47. The van der Waals surface area contributed by atoms with E-state index in [0.29, 0.717) is 5.75 Å². The lowest BCUT2D eigenvalue weighted by molar-refractivity contribution is 0.214. The Morgan fingerprint density at radius 3 is 2.57 bits per heavy atom. The molecular formula is C15H14O5S. The summed E-state index contributed by atoms with van der Waals surface area (Å²) in [5.41, 5.74) is 0.762. The van der Waals surface area contributed by atoms with Gasteiger partial charge in [0.05, 0.1) is 12.9 Å². The van der Waals surface area contributed by atoms with E-state index in [0.717, 1.165) is 5.56 Å². The van der Waals surface area contributed by atoms with Gasteiger partial charge in [-0.25, -0.2) is 8.42 Å². The first-order chi connectivity index (χ1) is 9.99. The van der Waals surface area contributed by atoms with Crippen molar-refractivity contribution >= 4 is 9.84 Å². The maximum absolute atomic E-state index is 12.3. The molecule has 0 spiro atoms. The molecule has 1 heterocycles. The second-order valence-corrected chi connectivity index (χ2v) is 6.79. The lowest BCUT2D eigenvalue weighted by atomic mass is 10.1. The number of phenolic OH excluding ortho intramolecular Hbond substituents is 1. The predicted molar refractivity (Wildman–Crippen MR) is 76.5 cm³/mol. The lowest BCUT2D eigenvalue weighted by Gasteiger charge is -2.26.